The summed E-state index contributed by atoms with van der Waals surface area (Å²) in [5.74, 6) is 0.575. The van der Waals surface area contributed by atoms with Gasteiger partial charge in [-0.1, -0.05) is 30.3 Å². The molecule has 0 bridgehead atoms. The number of rotatable bonds is 7. The van der Waals surface area contributed by atoms with Gasteiger partial charge in [0.2, 0.25) is 16.0 Å². The smallest absolute Gasteiger partial charge is 0.266 e. The van der Waals surface area contributed by atoms with Crippen LogP contribution in [0.1, 0.15) is 24.4 Å². The fourth-order valence-corrected chi connectivity index (χ4v) is 4.86. The SMILES string of the molecule is CC(Nc1nc(N)ncc1C#N)c1nc2cccc(-c3cncc(NS(C)(=O)=O)c3)c2c(=O)n1-c1ccccc1. The molecule has 5 rings (SSSR count). The van der Waals surface area contributed by atoms with Gasteiger partial charge in [0.1, 0.15) is 23.3 Å². The molecule has 200 valence electrons. The van der Waals surface area contributed by atoms with E-state index < -0.39 is 16.1 Å². The minimum atomic E-state index is -3.53. The zero-order valence-electron chi connectivity index (χ0n) is 21.4. The van der Waals surface area contributed by atoms with Gasteiger partial charge < -0.3 is 11.1 Å². The van der Waals surface area contributed by atoms with Gasteiger partial charge >= 0.3 is 0 Å². The second kappa shape index (κ2) is 10.4. The number of benzene rings is 2. The largest absolute Gasteiger partial charge is 0.368 e. The van der Waals surface area contributed by atoms with E-state index in [-0.39, 0.29) is 28.6 Å². The molecule has 0 saturated heterocycles. The van der Waals surface area contributed by atoms with Crippen LogP contribution >= 0.6 is 0 Å². The summed E-state index contributed by atoms with van der Waals surface area (Å²) in [4.78, 5) is 31.3. The molecular formula is C27H23N9O3S. The molecule has 3 aromatic heterocycles. The number of nitrogens with one attached hydrogen (secondary N) is 2. The molecule has 12 nitrogen and oxygen atoms in total. The minimum Gasteiger partial charge on any atom is -0.368 e. The van der Waals surface area contributed by atoms with E-state index in [2.05, 4.69) is 25.0 Å². The number of para-hydroxylation sites is 1. The van der Waals surface area contributed by atoms with Crippen LogP contribution in [-0.2, 0) is 10.0 Å². The Morgan fingerprint density at radius 1 is 1.05 bits per heavy atom. The Bertz CT molecular complexity index is 1950. The zero-order chi connectivity index (χ0) is 28.4. The van der Waals surface area contributed by atoms with Crippen molar-refractivity contribution in [2.75, 3.05) is 22.0 Å². The quantitative estimate of drug-likeness (QED) is 0.270. The average molecular weight is 554 g/mol. The van der Waals surface area contributed by atoms with Crippen molar-refractivity contribution in [1.29, 1.82) is 5.26 Å². The summed E-state index contributed by atoms with van der Waals surface area (Å²) in [6, 6.07) is 17.3. The highest BCUT2D eigenvalue weighted by atomic mass is 32.2. The highest BCUT2D eigenvalue weighted by Crippen LogP contribution is 2.29. The van der Waals surface area contributed by atoms with E-state index in [4.69, 9.17) is 10.7 Å². The Morgan fingerprint density at radius 3 is 2.55 bits per heavy atom. The highest BCUT2D eigenvalue weighted by molar-refractivity contribution is 7.92. The third-order valence-electron chi connectivity index (χ3n) is 5.96. The monoisotopic (exact) mass is 553 g/mol. The van der Waals surface area contributed by atoms with Gasteiger partial charge in [0, 0.05) is 11.8 Å². The van der Waals surface area contributed by atoms with Gasteiger partial charge in [-0.15, -0.1) is 0 Å². The Kier molecular flexibility index (Phi) is 6.85. The molecule has 0 radical (unpaired) electrons. The Morgan fingerprint density at radius 2 is 1.82 bits per heavy atom. The van der Waals surface area contributed by atoms with Crippen molar-refractivity contribution >= 4 is 38.4 Å². The van der Waals surface area contributed by atoms with Gasteiger partial charge in [0.15, 0.2) is 0 Å². The fourth-order valence-electron chi connectivity index (χ4n) is 4.32. The van der Waals surface area contributed by atoms with Gasteiger partial charge in [-0.2, -0.15) is 10.2 Å². The molecule has 0 spiro atoms. The summed E-state index contributed by atoms with van der Waals surface area (Å²) in [5, 5.41) is 13.0. The number of nitrogens with zero attached hydrogens (tertiary/aromatic N) is 6. The molecule has 4 N–H and O–H groups in total. The first kappa shape index (κ1) is 26.3. The normalized spacial score (nSPS) is 12.0. The van der Waals surface area contributed by atoms with Crippen LogP contribution in [0.5, 0.6) is 0 Å². The molecule has 0 aliphatic rings. The number of nitrogen functional groups attached to an aromatic ring is 1. The van der Waals surface area contributed by atoms with E-state index in [0.29, 0.717) is 33.5 Å². The zero-order valence-corrected chi connectivity index (χ0v) is 22.2. The van der Waals surface area contributed by atoms with E-state index in [1.807, 2.05) is 24.3 Å². The summed E-state index contributed by atoms with van der Waals surface area (Å²) in [6.45, 7) is 1.79. The number of aromatic nitrogens is 5. The number of anilines is 3. The molecule has 0 aliphatic heterocycles. The summed E-state index contributed by atoms with van der Waals surface area (Å²) < 4.78 is 27.4. The van der Waals surface area contributed by atoms with E-state index in [0.717, 1.165) is 6.26 Å². The topological polar surface area (TPSA) is 182 Å². The lowest BCUT2D eigenvalue weighted by Gasteiger charge is -2.21. The van der Waals surface area contributed by atoms with Gasteiger partial charge in [-0.25, -0.2) is 18.4 Å². The summed E-state index contributed by atoms with van der Waals surface area (Å²) in [5.41, 5.74) is 7.92. The lowest BCUT2D eigenvalue weighted by molar-refractivity contribution is 0.607. The standard InChI is InChI=1S/C27H23N9O3S/c1-16(32-24-18(12-28)14-31-27(29)34-24)25-33-22-10-6-9-21(17-11-19(15-30-13-17)35-40(2,38)39)23(22)26(37)36(25)20-7-4-3-5-8-20/h3-11,13-16,35H,1-2H3,(H3,29,31,32,34). The predicted octanol–water partition coefficient (Wildman–Crippen LogP) is 3.24. The fraction of sp³-hybridized carbons (Fsp3) is 0.111. The number of pyridine rings is 1. The molecule has 1 unspecified atom stereocenters. The van der Waals surface area contributed by atoms with Gasteiger partial charge in [0.25, 0.3) is 5.56 Å². The maximum atomic E-state index is 14.3. The van der Waals surface area contributed by atoms with E-state index >= 15 is 0 Å². The second-order valence-electron chi connectivity index (χ2n) is 8.95. The molecule has 1 atom stereocenters. The van der Waals surface area contributed by atoms with Crippen LogP contribution in [0.2, 0.25) is 0 Å². The van der Waals surface area contributed by atoms with Crippen LogP contribution in [0.4, 0.5) is 17.5 Å². The van der Waals surface area contributed by atoms with E-state index in [1.54, 1.807) is 49.5 Å². The molecule has 3 heterocycles. The third-order valence-corrected chi connectivity index (χ3v) is 6.57. The minimum absolute atomic E-state index is 0.00790. The molecular weight excluding hydrogens is 530 g/mol. The molecule has 0 saturated carbocycles. The number of hydrogen-bond donors (Lipinski definition) is 3. The Balaban J connectivity index is 1.72. The second-order valence-corrected chi connectivity index (χ2v) is 10.7. The number of nitrogens with two attached hydrogens (primary N) is 1. The number of nitriles is 1. The molecule has 0 aliphatic carbocycles. The first-order valence-electron chi connectivity index (χ1n) is 12.0. The number of hydrogen-bond acceptors (Lipinski definition) is 10. The summed E-state index contributed by atoms with van der Waals surface area (Å²) >= 11 is 0. The first-order valence-corrected chi connectivity index (χ1v) is 13.9. The lowest BCUT2D eigenvalue weighted by Crippen LogP contribution is -2.28. The van der Waals surface area contributed by atoms with E-state index in [9.17, 15) is 18.5 Å². The van der Waals surface area contributed by atoms with Crippen LogP contribution in [-0.4, -0.2) is 39.2 Å². The van der Waals surface area contributed by atoms with Gasteiger partial charge in [0.05, 0.1) is 47.0 Å². The maximum absolute atomic E-state index is 14.3. The van der Waals surface area contributed by atoms with Gasteiger partial charge in [-0.3, -0.25) is 19.1 Å². The highest BCUT2D eigenvalue weighted by Gasteiger charge is 2.22. The molecule has 0 fully saturated rings. The van der Waals surface area contributed by atoms with Crippen LogP contribution in [0.15, 0.2) is 78.0 Å². The molecule has 5 aromatic rings. The molecule has 2 aromatic carbocycles. The average Bonchev–Trinajstić information content (AvgIpc) is 2.92. The van der Waals surface area contributed by atoms with Crippen LogP contribution in [0.3, 0.4) is 0 Å². The van der Waals surface area contributed by atoms with Crippen LogP contribution in [0.25, 0.3) is 27.7 Å². The number of sulfonamides is 1. The van der Waals surface area contributed by atoms with Crippen LogP contribution in [0, 0.1) is 11.3 Å². The van der Waals surface area contributed by atoms with Gasteiger partial charge in [-0.05, 0) is 36.8 Å². The Hall–Kier alpha value is -5.35. The Labute approximate surface area is 229 Å². The molecule has 40 heavy (non-hydrogen) atoms. The van der Waals surface area contributed by atoms with Crippen molar-refractivity contribution in [3.63, 3.8) is 0 Å². The van der Waals surface area contributed by atoms with Crippen molar-refractivity contribution in [2.24, 2.45) is 0 Å². The number of fused-ring (bicyclic) bond motifs is 1. The summed E-state index contributed by atoms with van der Waals surface area (Å²) in [6.07, 6.45) is 5.31. The third kappa shape index (κ3) is 5.29. The van der Waals surface area contributed by atoms with E-state index in [1.165, 1.54) is 17.0 Å². The van der Waals surface area contributed by atoms with Crippen molar-refractivity contribution < 1.29 is 8.42 Å². The molecule has 13 heteroatoms. The van der Waals surface area contributed by atoms with Crippen LogP contribution < -0.4 is 21.3 Å². The van der Waals surface area contributed by atoms with Crippen molar-refractivity contribution in [3.8, 4) is 22.9 Å². The maximum Gasteiger partial charge on any atom is 0.266 e. The van der Waals surface area contributed by atoms with Crippen molar-refractivity contribution in [1.82, 2.24) is 24.5 Å². The van der Waals surface area contributed by atoms with Crippen molar-refractivity contribution in [3.05, 3.63) is 94.9 Å². The van der Waals surface area contributed by atoms with Crippen molar-refractivity contribution in [2.45, 2.75) is 13.0 Å². The predicted molar refractivity (Wildman–Crippen MR) is 152 cm³/mol. The lowest BCUT2D eigenvalue weighted by atomic mass is 10.0. The summed E-state index contributed by atoms with van der Waals surface area (Å²) in [7, 11) is -3.53. The first-order chi connectivity index (χ1) is 19.1. The molecule has 0 amide bonds.